The largest absolute Gasteiger partial charge is 0.388 e. The van der Waals surface area contributed by atoms with E-state index in [1.165, 1.54) is 12.8 Å². The number of nitrogens with one attached hydrogen (secondary N) is 1. The summed E-state index contributed by atoms with van der Waals surface area (Å²) >= 11 is 7.06. The van der Waals surface area contributed by atoms with E-state index < -0.39 is 5.60 Å². The summed E-state index contributed by atoms with van der Waals surface area (Å²) in [6.45, 7) is 0.619. The predicted octanol–water partition coefficient (Wildman–Crippen LogP) is 4.71. The van der Waals surface area contributed by atoms with Crippen LogP contribution in [0.2, 0.25) is 0 Å². The fraction of sp³-hybridized carbons (Fsp3) is 0.571. The molecule has 2 N–H and O–H groups in total. The summed E-state index contributed by atoms with van der Waals surface area (Å²) in [7, 11) is 0. The van der Waals surface area contributed by atoms with Gasteiger partial charge in [-0.3, -0.25) is 0 Å². The molecule has 0 radical (unpaired) electrons. The molecule has 0 spiro atoms. The number of hydrogen-bond donors (Lipinski definition) is 2. The molecular weight excluding hydrogens is 358 g/mol. The quantitative estimate of drug-likeness (QED) is 0.748. The Bertz CT molecular complexity index is 381. The Labute approximate surface area is 125 Å². The van der Waals surface area contributed by atoms with Gasteiger partial charge in [0.25, 0.3) is 0 Å². The first-order valence-electron chi connectivity index (χ1n) is 6.51. The summed E-state index contributed by atoms with van der Waals surface area (Å²) in [5.74, 6) is 0. The maximum absolute atomic E-state index is 10.6. The number of aliphatic hydroxyl groups is 1. The van der Waals surface area contributed by atoms with Crippen LogP contribution < -0.4 is 5.32 Å². The SMILES string of the molecule is OC1(CNc2c(Br)cccc2Br)CCCCCC1. The van der Waals surface area contributed by atoms with Gasteiger partial charge in [-0.1, -0.05) is 31.7 Å². The van der Waals surface area contributed by atoms with Crippen molar-refractivity contribution in [1.29, 1.82) is 0 Å². The highest BCUT2D eigenvalue weighted by Crippen LogP contribution is 2.33. The molecule has 0 amide bonds. The van der Waals surface area contributed by atoms with Crippen LogP contribution in [0.5, 0.6) is 0 Å². The summed E-state index contributed by atoms with van der Waals surface area (Å²) in [4.78, 5) is 0. The Morgan fingerprint density at radius 1 is 1.06 bits per heavy atom. The highest BCUT2D eigenvalue weighted by atomic mass is 79.9. The van der Waals surface area contributed by atoms with Crippen LogP contribution in [0.15, 0.2) is 27.1 Å². The van der Waals surface area contributed by atoms with E-state index in [2.05, 4.69) is 37.2 Å². The van der Waals surface area contributed by atoms with E-state index in [4.69, 9.17) is 0 Å². The van der Waals surface area contributed by atoms with Crippen LogP contribution in [0.3, 0.4) is 0 Å². The summed E-state index contributed by atoms with van der Waals surface area (Å²) < 4.78 is 2.04. The highest BCUT2D eigenvalue weighted by molar-refractivity contribution is 9.11. The number of benzene rings is 1. The van der Waals surface area contributed by atoms with E-state index in [0.717, 1.165) is 40.3 Å². The third kappa shape index (κ3) is 3.72. The van der Waals surface area contributed by atoms with Crippen LogP contribution in [0.4, 0.5) is 5.69 Å². The molecule has 1 saturated carbocycles. The zero-order chi connectivity index (χ0) is 13.0. The van der Waals surface area contributed by atoms with Crippen molar-refractivity contribution in [3.05, 3.63) is 27.1 Å². The number of halogens is 2. The molecule has 1 aliphatic rings. The van der Waals surface area contributed by atoms with Crippen molar-refractivity contribution in [3.63, 3.8) is 0 Å². The first kappa shape index (κ1) is 14.4. The lowest BCUT2D eigenvalue weighted by Gasteiger charge is -2.28. The van der Waals surface area contributed by atoms with Crippen LogP contribution in [-0.2, 0) is 0 Å². The number of para-hydroxylation sites is 1. The van der Waals surface area contributed by atoms with Crippen LogP contribution in [0, 0.1) is 0 Å². The van der Waals surface area contributed by atoms with E-state index >= 15 is 0 Å². The van der Waals surface area contributed by atoms with E-state index in [-0.39, 0.29) is 0 Å². The van der Waals surface area contributed by atoms with Gasteiger partial charge in [0.1, 0.15) is 0 Å². The molecule has 0 aliphatic heterocycles. The van der Waals surface area contributed by atoms with Gasteiger partial charge in [0.05, 0.1) is 11.3 Å². The Morgan fingerprint density at radius 2 is 1.61 bits per heavy atom. The number of hydrogen-bond acceptors (Lipinski definition) is 2. The molecule has 18 heavy (non-hydrogen) atoms. The van der Waals surface area contributed by atoms with E-state index in [9.17, 15) is 5.11 Å². The summed E-state index contributed by atoms with van der Waals surface area (Å²) in [6, 6.07) is 5.99. The van der Waals surface area contributed by atoms with Crippen LogP contribution in [0.25, 0.3) is 0 Å². The lowest BCUT2D eigenvalue weighted by Crippen LogP contribution is -2.36. The van der Waals surface area contributed by atoms with Crippen molar-refractivity contribution in [1.82, 2.24) is 0 Å². The molecular formula is C14H19Br2NO. The van der Waals surface area contributed by atoms with Gasteiger partial charge in [-0.25, -0.2) is 0 Å². The normalized spacial score (nSPS) is 19.3. The van der Waals surface area contributed by atoms with Gasteiger partial charge in [-0.2, -0.15) is 0 Å². The molecule has 2 rings (SSSR count). The fourth-order valence-electron chi connectivity index (χ4n) is 2.48. The average Bonchev–Trinajstić information content (AvgIpc) is 2.54. The van der Waals surface area contributed by atoms with Crippen LogP contribution in [-0.4, -0.2) is 17.3 Å². The zero-order valence-electron chi connectivity index (χ0n) is 10.4. The minimum atomic E-state index is -0.550. The van der Waals surface area contributed by atoms with Gasteiger partial charge in [0.2, 0.25) is 0 Å². The first-order valence-corrected chi connectivity index (χ1v) is 8.10. The molecule has 0 bridgehead atoms. The molecule has 1 fully saturated rings. The van der Waals surface area contributed by atoms with Crippen molar-refractivity contribution in [2.45, 2.75) is 44.1 Å². The Kier molecular flexibility index (Phi) is 5.10. The van der Waals surface area contributed by atoms with Gasteiger partial charge in [-0.05, 0) is 56.8 Å². The summed E-state index contributed by atoms with van der Waals surface area (Å²) in [5.41, 5.74) is 0.473. The van der Waals surface area contributed by atoms with Crippen molar-refractivity contribution in [2.24, 2.45) is 0 Å². The molecule has 0 saturated heterocycles. The molecule has 0 heterocycles. The molecule has 0 atom stereocenters. The smallest absolute Gasteiger partial charge is 0.0819 e. The second-order valence-electron chi connectivity index (χ2n) is 5.09. The first-order chi connectivity index (χ1) is 8.61. The fourth-order valence-corrected chi connectivity index (χ4v) is 3.76. The Morgan fingerprint density at radius 3 is 2.17 bits per heavy atom. The number of rotatable bonds is 3. The molecule has 1 aromatic carbocycles. The summed E-state index contributed by atoms with van der Waals surface area (Å²) in [5, 5.41) is 14.0. The maximum atomic E-state index is 10.6. The van der Waals surface area contributed by atoms with Gasteiger partial charge < -0.3 is 10.4 Å². The average molecular weight is 377 g/mol. The van der Waals surface area contributed by atoms with Gasteiger partial charge in [0, 0.05) is 15.5 Å². The van der Waals surface area contributed by atoms with Gasteiger partial charge >= 0.3 is 0 Å². The molecule has 4 heteroatoms. The third-order valence-electron chi connectivity index (χ3n) is 3.59. The lowest BCUT2D eigenvalue weighted by molar-refractivity contribution is 0.0381. The van der Waals surface area contributed by atoms with E-state index in [1.807, 2.05) is 18.2 Å². The predicted molar refractivity (Wildman–Crippen MR) is 83.0 cm³/mol. The molecule has 2 nitrogen and oxygen atoms in total. The maximum Gasteiger partial charge on any atom is 0.0819 e. The van der Waals surface area contributed by atoms with Crippen LogP contribution in [0.1, 0.15) is 38.5 Å². The van der Waals surface area contributed by atoms with E-state index in [0.29, 0.717) is 6.54 Å². The minimum Gasteiger partial charge on any atom is -0.388 e. The number of anilines is 1. The van der Waals surface area contributed by atoms with Crippen LogP contribution >= 0.6 is 31.9 Å². The molecule has 1 aliphatic carbocycles. The van der Waals surface area contributed by atoms with Crippen molar-refractivity contribution < 1.29 is 5.11 Å². The minimum absolute atomic E-state index is 0.550. The van der Waals surface area contributed by atoms with E-state index in [1.54, 1.807) is 0 Å². The molecule has 1 aromatic rings. The molecule has 100 valence electrons. The van der Waals surface area contributed by atoms with Gasteiger partial charge in [0.15, 0.2) is 0 Å². The Balaban J connectivity index is 2.02. The summed E-state index contributed by atoms with van der Waals surface area (Å²) in [6.07, 6.45) is 6.58. The molecule has 0 aromatic heterocycles. The zero-order valence-corrected chi connectivity index (χ0v) is 13.6. The standard InChI is InChI=1S/C14H19Br2NO/c15-11-6-5-7-12(16)13(11)17-10-14(18)8-3-1-2-4-9-14/h5-7,17-18H,1-4,8-10H2. The van der Waals surface area contributed by atoms with Gasteiger partial charge in [-0.15, -0.1) is 0 Å². The van der Waals surface area contributed by atoms with Crippen molar-refractivity contribution >= 4 is 37.5 Å². The topological polar surface area (TPSA) is 32.3 Å². The van der Waals surface area contributed by atoms with Crippen molar-refractivity contribution in [2.75, 3.05) is 11.9 Å². The monoisotopic (exact) mass is 375 g/mol. The third-order valence-corrected chi connectivity index (χ3v) is 4.91. The second kappa shape index (κ2) is 6.40. The second-order valence-corrected chi connectivity index (χ2v) is 6.80. The lowest BCUT2D eigenvalue weighted by atomic mass is 9.94. The molecule has 0 unspecified atom stereocenters. The van der Waals surface area contributed by atoms with Crippen molar-refractivity contribution in [3.8, 4) is 0 Å². The highest BCUT2D eigenvalue weighted by Gasteiger charge is 2.27. The Hall–Kier alpha value is -0.0600.